The number of carbonyl (C=O) groups is 4. The molecular formula is C36H56N2O11. The van der Waals surface area contributed by atoms with Crippen molar-refractivity contribution in [3.05, 3.63) is 84.0 Å². The summed E-state index contributed by atoms with van der Waals surface area (Å²) in [6.07, 6.45) is 4.45. The molecule has 0 aliphatic carbocycles. The molecule has 0 aromatic heterocycles. The molecule has 276 valence electrons. The zero-order valence-electron chi connectivity index (χ0n) is 29.8. The summed E-state index contributed by atoms with van der Waals surface area (Å²) < 4.78 is 0. The van der Waals surface area contributed by atoms with E-state index in [-0.39, 0.29) is 5.48 Å². The van der Waals surface area contributed by atoms with E-state index in [1.54, 1.807) is 12.1 Å². The van der Waals surface area contributed by atoms with Gasteiger partial charge in [-0.3, -0.25) is 0 Å². The lowest BCUT2D eigenvalue weighted by Gasteiger charge is -2.26. The molecule has 0 fully saturated rings. The second-order valence-electron chi connectivity index (χ2n) is 11.7. The fourth-order valence-corrected chi connectivity index (χ4v) is 5.14. The van der Waals surface area contributed by atoms with Gasteiger partial charge in [-0.1, -0.05) is 52.0 Å². The number of carboxylic acids is 4. The summed E-state index contributed by atoms with van der Waals surface area (Å²) in [5.74, 6) is -2.05. The van der Waals surface area contributed by atoms with Crippen molar-refractivity contribution in [3.8, 4) is 11.5 Å². The quantitative estimate of drug-likeness (QED) is 0.147. The second kappa shape index (κ2) is 27.3. The molecular weight excluding hydrogens is 636 g/mol. The van der Waals surface area contributed by atoms with Crippen LogP contribution in [0.1, 0.15) is 63.5 Å². The first-order chi connectivity index (χ1) is 22.3. The molecule has 0 unspecified atom stereocenters. The van der Waals surface area contributed by atoms with Crippen molar-refractivity contribution in [1.29, 1.82) is 0 Å². The summed E-state index contributed by atoms with van der Waals surface area (Å²) in [6, 6.07) is 15.3. The van der Waals surface area contributed by atoms with Crippen LogP contribution in [-0.4, -0.2) is 111 Å². The molecule has 0 heterocycles. The zero-order chi connectivity index (χ0) is 37.4. The van der Waals surface area contributed by atoms with Gasteiger partial charge in [-0.25, -0.2) is 19.2 Å². The number of benzene rings is 2. The Morgan fingerprint density at radius 2 is 0.857 bits per heavy atom. The number of nitrogens with zero attached hydrogens (tertiary/aromatic N) is 2. The molecule has 13 nitrogen and oxygen atoms in total. The van der Waals surface area contributed by atoms with Crippen molar-refractivity contribution in [2.45, 2.75) is 52.4 Å². The van der Waals surface area contributed by atoms with Crippen LogP contribution < -0.4 is 0 Å². The van der Waals surface area contributed by atoms with Gasteiger partial charge in [-0.2, -0.15) is 0 Å². The van der Waals surface area contributed by atoms with Gasteiger partial charge in [0, 0.05) is 37.4 Å². The fourth-order valence-electron chi connectivity index (χ4n) is 5.14. The topological polar surface area (TPSA) is 228 Å². The van der Waals surface area contributed by atoms with Crippen LogP contribution >= 0.6 is 0 Å². The van der Waals surface area contributed by atoms with Crippen molar-refractivity contribution in [2.24, 2.45) is 11.8 Å². The lowest BCUT2D eigenvalue weighted by Crippen LogP contribution is -2.24. The van der Waals surface area contributed by atoms with Crippen molar-refractivity contribution in [1.82, 2.24) is 9.80 Å². The van der Waals surface area contributed by atoms with Gasteiger partial charge in [0.15, 0.2) is 0 Å². The fraction of sp³-hybridized carbons (Fsp3) is 0.444. The van der Waals surface area contributed by atoms with E-state index in [9.17, 15) is 29.4 Å². The predicted molar refractivity (Wildman–Crippen MR) is 190 cm³/mol. The SMILES string of the molecule is CC[C@@H](c1cccc(O)c1)[C@@H](C)CN(C)C.CC[C@@H](c1cccc(O)c1)[C@@H](C)CN(C)C.O.O=C(O)/C=C\C(=O)O.O=C(O)/C=C\C(=O)O. The normalized spacial score (nSPS) is 12.9. The number of phenols is 2. The maximum atomic E-state index is 9.55. The Bertz CT molecular complexity index is 1180. The maximum Gasteiger partial charge on any atom is 0.328 e. The monoisotopic (exact) mass is 692 g/mol. The highest BCUT2D eigenvalue weighted by atomic mass is 16.4. The molecule has 49 heavy (non-hydrogen) atoms. The summed E-state index contributed by atoms with van der Waals surface area (Å²) in [4.78, 5) is 42.7. The first-order valence-corrected chi connectivity index (χ1v) is 15.5. The van der Waals surface area contributed by atoms with Crippen LogP contribution in [0.4, 0.5) is 0 Å². The number of carboxylic acid groups (broad SMARTS) is 4. The minimum Gasteiger partial charge on any atom is -0.508 e. The van der Waals surface area contributed by atoms with E-state index >= 15 is 0 Å². The van der Waals surface area contributed by atoms with Gasteiger partial charge in [-0.05, 0) is 100 Å². The summed E-state index contributed by atoms with van der Waals surface area (Å²) in [6.45, 7) is 11.1. The zero-order valence-corrected chi connectivity index (χ0v) is 29.8. The van der Waals surface area contributed by atoms with Gasteiger partial charge in [0.2, 0.25) is 0 Å². The van der Waals surface area contributed by atoms with E-state index < -0.39 is 23.9 Å². The average molecular weight is 693 g/mol. The summed E-state index contributed by atoms with van der Waals surface area (Å²) in [5.41, 5.74) is 2.49. The van der Waals surface area contributed by atoms with E-state index in [4.69, 9.17) is 20.4 Å². The highest BCUT2D eigenvalue weighted by molar-refractivity contribution is 5.90. The van der Waals surface area contributed by atoms with Crippen LogP contribution in [-0.2, 0) is 19.2 Å². The molecule has 0 radical (unpaired) electrons. The largest absolute Gasteiger partial charge is 0.508 e. The third kappa shape index (κ3) is 26.0. The number of aliphatic carboxylic acids is 4. The Kier molecular flexibility index (Phi) is 27.1. The second-order valence-corrected chi connectivity index (χ2v) is 11.7. The molecule has 0 aliphatic rings. The van der Waals surface area contributed by atoms with Crippen LogP contribution in [0.3, 0.4) is 0 Å². The van der Waals surface area contributed by atoms with Crippen LogP contribution in [0.5, 0.6) is 11.5 Å². The number of hydrogen-bond acceptors (Lipinski definition) is 8. The van der Waals surface area contributed by atoms with Gasteiger partial charge < -0.3 is 45.9 Å². The number of phenolic OH excluding ortho intramolecular Hbond substituents is 2. The Morgan fingerprint density at radius 1 is 0.592 bits per heavy atom. The molecule has 0 saturated heterocycles. The first kappa shape index (κ1) is 48.7. The van der Waals surface area contributed by atoms with Crippen LogP contribution in [0.25, 0.3) is 0 Å². The molecule has 0 bridgehead atoms. The number of rotatable bonds is 14. The standard InChI is InChI=1S/2C14H23NO.2C4H4O4.H2O/c2*1-5-14(11(2)10-15(3)4)12-7-6-8-13(16)9-12;2*5-3(6)1-2-4(7)8;/h2*6-9,11,14,16H,5,10H2,1-4H3;2*1-2H,(H,5,6)(H,7,8);1H2/b;;2*2-1-;/t2*11-,14+;;;/m00.../s1. The van der Waals surface area contributed by atoms with Gasteiger partial charge in [0.25, 0.3) is 0 Å². The number of aromatic hydroxyl groups is 2. The van der Waals surface area contributed by atoms with Crippen LogP contribution in [0.2, 0.25) is 0 Å². The van der Waals surface area contributed by atoms with Crippen LogP contribution in [0, 0.1) is 11.8 Å². The third-order valence-electron chi connectivity index (χ3n) is 6.89. The predicted octanol–water partition coefficient (Wildman–Crippen LogP) is 4.77. The molecule has 2 rings (SSSR count). The van der Waals surface area contributed by atoms with Gasteiger partial charge in [0.1, 0.15) is 11.5 Å². The Morgan fingerprint density at radius 3 is 1.04 bits per heavy atom. The Labute approximate surface area is 289 Å². The molecule has 13 heteroatoms. The molecule has 0 saturated carbocycles. The summed E-state index contributed by atoms with van der Waals surface area (Å²) >= 11 is 0. The van der Waals surface area contributed by atoms with Crippen molar-refractivity contribution < 1.29 is 55.3 Å². The highest BCUT2D eigenvalue weighted by Crippen LogP contribution is 2.31. The molecule has 2 aromatic carbocycles. The third-order valence-corrected chi connectivity index (χ3v) is 6.89. The molecule has 2 aromatic rings. The minimum atomic E-state index is -1.26. The van der Waals surface area contributed by atoms with Crippen LogP contribution in [0.15, 0.2) is 72.8 Å². The van der Waals surface area contributed by atoms with Crippen molar-refractivity contribution >= 4 is 23.9 Å². The average Bonchev–Trinajstić information content (AvgIpc) is 2.96. The first-order valence-electron chi connectivity index (χ1n) is 15.5. The van der Waals surface area contributed by atoms with E-state index in [2.05, 4.69) is 77.8 Å². The smallest absolute Gasteiger partial charge is 0.328 e. The maximum absolute atomic E-state index is 9.55. The Balaban J connectivity index is -0.000000603. The van der Waals surface area contributed by atoms with E-state index in [1.807, 2.05) is 24.3 Å². The van der Waals surface area contributed by atoms with Crippen molar-refractivity contribution in [3.63, 3.8) is 0 Å². The summed E-state index contributed by atoms with van der Waals surface area (Å²) in [5, 5.41) is 50.3. The van der Waals surface area contributed by atoms with Gasteiger partial charge in [-0.15, -0.1) is 0 Å². The lowest BCUT2D eigenvalue weighted by atomic mass is 9.85. The van der Waals surface area contributed by atoms with E-state index in [0.29, 0.717) is 59.5 Å². The summed E-state index contributed by atoms with van der Waals surface area (Å²) in [7, 11) is 8.41. The number of hydrogen-bond donors (Lipinski definition) is 6. The van der Waals surface area contributed by atoms with E-state index in [1.165, 1.54) is 11.1 Å². The lowest BCUT2D eigenvalue weighted by molar-refractivity contribution is -0.134. The Hall–Kier alpha value is -4.72. The molecule has 0 spiro atoms. The molecule has 4 atom stereocenters. The van der Waals surface area contributed by atoms with E-state index in [0.717, 1.165) is 25.9 Å². The molecule has 0 amide bonds. The van der Waals surface area contributed by atoms with Crippen molar-refractivity contribution in [2.75, 3.05) is 41.3 Å². The van der Waals surface area contributed by atoms with Gasteiger partial charge in [0.05, 0.1) is 0 Å². The van der Waals surface area contributed by atoms with Gasteiger partial charge >= 0.3 is 23.9 Å². The highest BCUT2D eigenvalue weighted by Gasteiger charge is 2.19. The minimum absolute atomic E-state index is 0. The molecule has 8 N–H and O–H groups in total. The molecule has 0 aliphatic heterocycles.